The van der Waals surface area contributed by atoms with Crippen molar-refractivity contribution in [3.63, 3.8) is 0 Å². The molecule has 1 saturated heterocycles. The second-order valence-corrected chi connectivity index (χ2v) is 7.69. The molecule has 1 aliphatic heterocycles. The minimum atomic E-state index is 0.195. The van der Waals surface area contributed by atoms with Crippen LogP contribution in [-0.2, 0) is 13.1 Å². The second-order valence-electron chi connectivity index (χ2n) is 7.69. The molecule has 2 heterocycles. The van der Waals surface area contributed by atoms with Crippen LogP contribution in [0.15, 0.2) is 40.8 Å². The van der Waals surface area contributed by atoms with E-state index in [-0.39, 0.29) is 12.7 Å². The first kappa shape index (κ1) is 19.9. The fraction of sp³-hybridized carbons (Fsp3) is 0.545. The van der Waals surface area contributed by atoms with Crippen molar-refractivity contribution >= 4 is 0 Å². The van der Waals surface area contributed by atoms with Crippen molar-refractivity contribution in [2.24, 2.45) is 0 Å². The molecule has 1 aromatic carbocycles. The van der Waals surface area contributed by atoms with Crippen molar-refractivity contribution in [3.05, 3.63) is 53.5 Å². The van der Waals surface area contributed by atoms with Crippen LogP contribution in [0.1, 0.15) is 37.4 Å². The van der Waals surface area contributed by atoms with Crippen molar-refractivity contribution in [3.8, 4) is 5.75 Å². The van der Waals surface area contributed by atoms with Gasteiger partial charge in [-0.15, -0.1) is 0 Å². The average molecular weight is 373 g/mol. The summed E-state index contributed by atoms with van der Waals surface area (Å²) < 4.78 is 11.5. The van der Waals surface area contributed by atoms with E-state index in [4.69, 9.17) is 9.15 Å². The zero-order valence-electron chi connectivity index (χ0n) is 16.7. The Labute approximate surface area is 162 Å². The van der Waals surface area contributed by atoms with Crippen LogP contribution in [0.2, 0.25) is 0 Å². The van der Waals surface area contributed by atoms with Crippen molar-refractivity contribution < 1.29 is 14.3 Å². The van der Waals surface area contributed by atoms with Gasteiger partial charge < -0.3 is 14.3 Å². The lowest BCUT2D eigenvalue weighted by atomic mass is 10.1. The molecule has 0 unspecified atom stereocenters. The quantitative estimate of drug-likeness (QED) is 0.769. The van der Waals surface area contributed by atoms with Crippen LogP contribution in [0.3, 0.4) is 0 Å². The first-order valence-electron chi connectivity index (χ1n) is 9.91. The van der Waals surface area contributed by atoms with Crippen LogP contribution in [0.4, 0.5) is 0 Å². The molecule has 1 N–H and O–H groups in total. The number of hydrogen-bond donors (Lipinski definition) is 1. The highest BCUT2D eigenvalue weighted by atomic mass is 16.5. The van der Waals surface area contributed by atoms with Crippen molar-refractivity contribution in [2.45, 2.75) is 52.4 Å². The van der Waals surface area contributed by atoms with E-state index >= 15 is 0 Å². The molecule has 5 heteroatoms. The third-order valence-electron chi connectivity index (χ3n) is 5.01. The Morgan fingerprint density at radius 3 is 2.52 bits per heavy atom. The summed E-state index contributed by atoms with van der Waals surface area (Å²) in [7, 11) is 0. The Kier molecular flexibility index (Phi) is 6.94. The van der Waals surface area contributed by atoms with Gasteiger partial charge in [0.25, 0.3) is 0 Å². The first-order valence-corrected chi connectivity index (χ1v) is 9.91. The van der Waals surface area contributed by atoms with Gasteiger partial charge in [0, 0.05) is 38.8 Å². The van der Waals surface area contributed by atoms with Crippen molar-refractivity contribution in [1.29, 1.82) is 0 Å². The largest absolute Gasteiger partial charge is 0.491 e. The van der Waals surface area contributed by atoms with Crippen LogP contribution in [-0.4, -0.2) is 53.3 Å². The molecule has 0 aliphatic carbocycles. The Morgan fingerprint density at radius 1 is 1.11 bits per heavy atom. The van der Waals surface area contributed by atoms with Gasteiger partial charge >= 0.3 is 0 Å². The normalized spacial score (nSPS) is 18.9. The third-order valence-corrected chi connectivity index (χ3v) is 5.01. The summed E-state index contributed by atoms with van der Waals surface area (Å²) in [5.74, 6) is 2.88. The molecule has 27 heavy (non-hydrogen) atoms. The zero-order valence-corrected chi connectivity index (χ0v) is 16.7. The molecule has 0 radical (unpaired) electrons. The standard InChI is InChI=1S/C22H32N2O3/c1-17(2)26-21-8-5-19(6-9-21)14-23-11-12-24(20(15-23)10-13-25)16-22-7-4-18(3)27-22/h4-9,17,20,25H,10-16H2,1-3H3/t20-/m1/s1. The van der Waals surface area contributed by atoms with E-state index in [0.717, 1.165) is 56.4 Å². The number of aryl methyl sites for hydroxylation is 1. The van der Waals surface area contributed by atoms with E-state index in [1.54, 1.807) is 0 Å². The summed E-state index contributed by atoms with van der Waals surface area (Å²) in [5.41, 5.74) is 1.30. The minimum Gasteiger partial charge on any atom is -0.491 e. The number of ether oxygens (including phenoxy) is 1. The highest BCUT2D eigenvalue weighted by molar-refractivity contribution is 5.27. The molecule has 0 amide bonds. The van der Waals surface area contributed by atoms with Crippen LogP contribution in [0.25, 0.3) is 0 Å². The average Bonchev–Trinajstić information content (AvgIpc) is 3.04. The molecule has 1 fully saturated rings. The molecule has 1 atom stereocenters. The van der Waals surface area contributed by atoms with Crippen molar-refractivity contribution in [1.82, 2.24) is 9.80 Å². The third kappa shape index (κ3) is 5.83. The maximum absolute atomic E-state index is 9.50. The molecule has 148 valence electrons. The Hall–Kier alpha value is -1.82. The summed E-state index contributed by atoms with van der Waals surface area (Å²) in [5, 5.41) is 9.50. The van der Waals surface area contributed by atoms with Crippen LogP contribution >= 0.6 is 0 Å². The van der Waals surface area contributed by atoms with Gasteiger partial charge in [-0.1, -0.05) is 12.1 Å². The summed E-state index contributed by atoms with van der Waals surface area (Å²) in [6, 6.07) is 12.8. The van der Waals surface area contributed by atoms with Crippen molar-refractivity contribution in [2.75, 3.05) is 26.2 Å². The Balaban J connectivity index is 1.57. The lowest BCUT2D eigenvalue weighted by Crippen LogP contribution is -2.52. The number of piperazine rings is 1. The van der Waals surface area contributed by atoms with Crippen LogP contribution < -0.4 is 4.74 Å². The Bertz CT molecular complexity index is 696. The number of nitrogens with zero attached hydrogens (tertiary/aromatic N) is 2. The van der Waals surface area contributed by atoms with Gasteiger partial charge in [-0.25, -0.2) is 0 Å². The molecular weight excluding hydrogens is 340 g/mol. The molecule has 0 spiro atoms. The SMILES string of the molecule is Cc1ccc(CN2CCN(Cc3ccc(OC(C)C)cc3)C[C@H]2CCO)o1. The highest BCUT2D eigenvalue weighted by Crippen LogP contribution is 2.20. The number of furan rings is 1. The number of benzene rings is 1. The topological polar surface area (TPSA) is 49.1 Å². The fourth-order valence-electron chi connectivity index (χ4n) is 3.71. The molecule has 1 aromatic heterocycles. The van der Waals surface area contributed by atoms with E-state index in [9.17, 15) is 5.11 Å². The Morgan fingerprint density at radius 2 is 1.89 bits per heavy atom. The van der Waals surface area contributed by atoms with E-state index in [1.807, 2.05) is 26.8 Å². The van der Waals surface area contributed by atoms with E-state index < -0.39 is 0 Å². The summed E-state index contributed by atoms with van der Waals surface area (Å²) in [4.78, 5) is 4.91. The van der Waals surface area contributed by atoms with E-state index in [1.165, 1.54) is 5.56 Å². The fourth-order valence-corrected chi connectivity index (χ4v) is 3.71. The number of hydrogen-bond acceptors (Lipinski definition) is 5. The number of rotatable bonds is 8. The lowest BCUT2D eigenvalue weighted by molar-refractivity contribution is 0.0454. The zero-order chi connectivity index (χ0) is 19.2. The van der Waals surface area contributed by atoms with Gasteiger partial charge in [0.05, 0.1) is 12.6 Å². The monoisotopic (exact) mass is 372 g/mol. The number of aliphatic hydroxyl groups excluding tert-OH is 1. The molecule has 2 aromatic rings. The second kappa shape index (κ2) is 9.40. The summed E-state index contributed by atoms with van der Waals surface area (Å²) in [6.45, 7) is 11.0. The van der Waals surface area contributed by atoms with Crippen LogP contribution in [0, 0.1) is 6.92 Å². The summed E-state index contributed by atoms with van der Waals surface area (Å²) in [6.07, 6.45) is 0.985. The highest BCUT2D eigenvalue weighted by Gasteiger charge is 2.27. The van der Waals surface area contributed by atoms with Gasteiger partial charge in [0.15, 0.2) is 0 Å². The predicted molar refractivity (Wildman–Crippen MR) is 107 cm³/mol. The van der Waals surface area contributed by atoms with Gasteiger partial charge in [-0.2, -0.15) is 0 Å². The number of aliphatic hydroxyl groups is 1. The van der Waals surface area contributed by atoms with Crippen LogP contribution in [0.5, 0.6) is 5.75 Å². The van der Waals surface area contributed by atoms with E-state index in [2.05, 4.69) is 40.1 Å². The molecule has 5 nitrogen and oxygen atoms in total. The summed E-state index contributed by atoms with van der Waals surface area (Å²) >= 11 is 0. The van der Waals surface area contributed by atoms with Gasteiger partial charge in [-0.3, -0.25) is 9.80 Å². The molecule has 0 saturated carbocycles. The van der Waals surface area contributed by atoms with Gasteiger partial charge in [0.2, 0.25) is 0 Å². The maximum atomic E-state index is 9.50. The first-order chi connectivity index (χ1) is 13.0. The van der Waals surface area contributed by atoms with E-state index in [0.29, 0.717) is 6.04 Å². The molecule has 0 bridgehead atoms. The minimum absolute atomic E-state index is 0.195. The van der Waals surface area contributed by atoms with Gasteiger partial charge in [0.1, 0.15) is 17.3 Å². The molecular formula is C22H32N2O3. The lowest BCUT2D eigenvalue weighted by Gasteiger charge is -2.41. The maximum Gasteiger partial charge on any atom is 0.119 e. The molecule has 1 aliphatic rings. The predicted octanol–water partition coefficient (Wildman–Crippen LogP) is 3.44. The van der Waals surface area contributed by atoms with Gasteiger partial charge in [-0.05, 0) is 57.0 Å². The molecule has 3 rings (SSSR count). The smallest absolute Gasteiger partial charge is 0.119 e.